The van der Waals surface area contributed by atoms with Gasteiger partial charge in [-0.2, -0.15) is 4.98 Å². The van der Waals surface area contributed by atoms with Crippen LogP contribution in [0.3, 0.4) is 0 Å². The zero-order chi connectivity index (χ0) is 13.9. The molecule has 19 heavy (non-hydrogen) atoms. The minimum Gasteiger partial charge on any atom is -0.439 e. The van der Waals surface area contributed by atoms with Crippen LogP contribution >= 0.6 is 0 Å². The third-order valence-corrected chi connectivity index (χ3v) is 2.78. The van der Waals surface area contributed by atoms with Gasteiger partial charge in [-0.3, -0.25) is 0 Å². The van der Waals surface area contributed by atoms with E-state index in [0.29, 0.717) is 11.8 Å². The molecule has 2 rings (SSSR count). The van der Waals surface area contributed by atoms with Crippen LogP contribution in [0.15, 0.2) is 36.5 Å². The fraction of sp³-hybridized carbons (Fsp3) is 0.333. The molecule has 0 fully saturated rings. The third-order valence-electron chi connectivity index (χ3n) is 2.78. The van der Waals surface area contributed by atoms with Gasteiger partial charge in [0.1, 0.15) is 5.75 Å². The Bertz CT molecular complexity index is 561. The fourth-order valence-electron chi connectivity index (χ4n) is 1.67. The van der Waals surface area contributed by atoms with Gasteiger partial charge < -0.3 is 10.1 Å². The van der Waals surface area contributed by atoms with Crippen molar-refractivity contribution in [1.29, 1.82) is 0 Å². The molecular weight excluding hydrogens is 238 g/mol. The average molecular weight is 257 g/mol. The first-order chi connectivity index (χ1) is 8.99. The summed E-state index contributed by atoms with van der Waals surface area (Å²) in [5.74, 6) is 1.86. The molecule has 0 radical (unpaired) electrons. The van der Waals surface area contributed by atoms with Crippen molar-refractivity contribution in [2.75, 3.05) is 12.4 Å². The van der Waals surface area contributed by atoms with Crippen molar-refractivity contribution in [3.8, 4) is 11.6 Å². The molecule has 0 bridgehead atoms. The largest absolute Gasteiger partial charge is 0.439 e. The van der Waals surface area contributed by atoms with Gasteiger partial charge in [0.2, 0.25) is 11.8 Å². The first-order valence-electron chi connectivity index (χ1n) is 6.28. The fourth-order valence-corrected chi connectivity index (χ4v) is 1.67. The maximum Gasteiger partial charge on any atom is 0.225 e. The van der Waals surface area contributed by atoms with Crippen LogP contribution < -0.4 is 10.1 Å². The Kier molecular flexibility index (Phi) is 3.69. The molecule has 4 nitrogen and oxygen atoms in total. The maximum absolute atomic E-state index is 5.77. The molecule has 0 aliphatic carbocycles. The molecule has 2 aromatic rings. The molecule has 0 saturated heterocycles. The van der Waals surface area contributed by atoms with Gasteiger partial charge in [0.05, 0.1) is 0 Å². The van der Waals surface area contributed by atoms with E-state index in [1.165, 1.54) is 5.56 Å². The Morgan fingerprint density at radius 1 is 1.16 bits per heavy atom. The summed E-state index contributed by atoms with van der Waals surface area (Å²) < 4.78 is 5.77. The van der Waals surface area contributed by atoms with E-state index in [4.69, 9.17) is 4.74 Å². The normalized spacial score (nSPS) is 11.2. The van der Waals surface area contributed by atoms with Gasteiger partial charge in [0.25, 0.3) is 0 Å². The quantitative estimate of drug-likeness (QED) is 0.912. The first kappa shape index (κ1) is 13.3. The van der Waals surface area contributed by atoms with E-state index in [1.807, 2.05) is 18.2 Å². The van der Waals surface area contributed by atoms with E-state index in [1.54, 1.807) is 19.3 Å². The molecule has 1 heterocycles. The second kappa shape index (κ2) is 5.26. The Balaban J connectivity index is 2.23. The lowest BCUT2D eigenvalue weighted by atomic mass is 9.87. The molecule has 0 spiro atoms. The smallest absolute Gasteiger partial charge is 0.225 e. The van der Waals surface area contributed by atoms with Crippen LogP contribution in [0, 0.1) is 0 Å². The maximum atomic E-state index is 5.77. The van der Waals surface area contributed by atoms with Crippen molar-refractivity contribution >= 4 is 5.95 Å². The summed E-state index contributed by atoms with van der Waals surface area (Å²) in [5, 5.41) is 2.89. The van der Waals surface area contributed by atoms with Crippen LogP contribution in [0.1, 0.15) is 26.3 Å². The Hall–Kier alpha value is -2.10. The molecule has 1 aromatic heterocycles. The number of hydrogen-bond acceptors (Lipinski definition) is 4. The lowest BCUT2D eigenvalue weighted by molar-refractivity contribution is 0.459. The van der Waals surface area contributed by atoms with E-state index in [9.17, 15) is 0 Å². The lowest BCUT2D eigenvalue weighted by Gasteiger charge is -2.19. The molecule has 4 heteroatoms. The number of nitrogens with one attached hydrogen (secondary N) is 1. The highest BCUT2D eigenvalue weighted by atomic mass is 16.5. The second-order valence-corrected chi connectivity index (χ2v) is 5.35. The zero-order valence-corrected chi connectivity index (χ0v) is 11.8. The highest BCUT2D eigenvalue weighted by molar-refractivity contribution is 5.35. The summed E-state index contributed by atoms with van der Waals surface area (Å²) in [5.41, 5.74) is 1.33. The van der Waals surface area contributed by atoms with E-state index in [0.717, 1.165) is 5.75 Å². The molecule has 0 atom stereocenters. The van der Waals surface area contributed by atoms with E-state index >= 15 is 0 Å². The van der Waals surface area contributed by atoms with Crippen LogP contribution in [0.25, 0.3) is 0 Å². The van der Waals surface area contributed by atoms with Crippen LogP contribution in [0.2, 0.25) is 0 Å². The van der Waals surface area contributed by atoms with E-state index in [2.05, 4.69) is 42.1 Å². The molecule has 0 aliphatic heterocycles. The monoisotopic (exact) mass is 257 g/mol. The third kappa shape index (κ3) is 3.44. The summed E-state index contributed by atoms with van der Waals surface area (Å²) in [6.07, 6.45) is 1.67. The van der Waals surface area contributed by atoms with Gasteiger partial charge in [0.15, 0.2) is 0 Å². The summed E-state index contributed by atoms with van der Waals surface area (Å²) in [4.78, 5) is 8.29. The summed E-state index contributed by atoms with van der Waals surface area (Å²) >= 11 is 0. The summed E-state index contributed by atoms with van der Waals surface area (Å²) in [6, 6.07) is 9.81. The van der Waals surface area contributed by atoms with Crippen molar-refractivity contribution in [2.24, 2.45) is 0 Å². The van der Waals surface area contributed by atoms with Crippen molar-refractivity contribution < 1.29 is 4.74 Å². The van der Waals surface area contributed by atoms with Crippen LogP contribution in [0.5, 0.6) is 11.6 Å². The van der Waals surface area contributed by atoms with Crippen molar-refractivity contribution in [1.82, 2.24) is 9.97 Å². The van der Waals surface area contributed by atoms with Gasteiger partial charge in [-0.1, -0.05) is 32.9 Å². The first-order valence-corrected chi connectivity index (χ1v) is 6.28. The van der Waals surface area contributed by atoms with Crippen LogP contribution in [0.4, 0.5) is 5.95 Å². The molecule has 100 valence electrons. The minimum absolute atomic E-state index is 0.0984. The second-order valence-electron chi connectivity index (χ2n) is 5.35. The molecule has 1 N–H and O–H groups in total. The topological polar surface area (TPSA) is 47.0 Å². The van der Waals surface area contributed by atoms with Gasteiger partial charge in [-0.25, -0.2) is 4.98 Å². The molecular formula is C15H19N3O. The predicted octanol–water partition coefficient (Wildman–Crippen LogP) is 3.61. The number of anilines is 1. The molecule has 0 unspecified atom stereocenters. The Labute approximate surface area is 113 Å². The number of benzene rings is 1. The zero-order valence-electron chi connectivity index (χ0n) is 11.8. The van der Waals surface area contributed by atoms with Crippen molar-refractivity contribution in [3.05, 3.63) is 42.1 Å². The Morgan fingerprint density at radius 3 is 2.63 bits per heavy atom. The van der Waals surface area contributed by atoms with Gasteiger partial charge >= 0.3 is 0 Å². The highest BCUT2D eigenvalue weighted by Crippen LogP contribution is 2.27. The molecule has 0 amide bonds. The number of aromatic nitrogens is 2. The standard InChI is InChI=1S/C15H19N3O/c1-15(2,3)11-6-5-7-12(10-11)19-13-8-9-17-14(16-4)18-13/h5-10H,1-4H3,(H,16,17,18). The molecule has 0 saturated carbocycles. The van der Waals surface area contributed by atoms with E-state index < -0.39 is 0 Å². The number of nitrogens with zero attached hydrogens (tertiary/aromatic N) is 2. The van der Waals surface area contributed by atoms with Gasteiger partial charge in [-0.05, 0) is 23.1 Å². The van der Waals surface area contributed by atoms with E-state index in [-0.39, 0.29) is 5.41 Å². The molecule has 1 aromatic carbocycles. The van der Waals surface area contributed by atoms with Gasteiger partial charge in [-0.15, -0.1) is 0 Å². The number of hydrogen-bond donors (Lipinski definition) is 1. The number of rotatable bonds is 3. The predicted molar refractivity (Wildman–Crippen MR) is 76.8 cm³/mol. The lowest BCUT2D eigenvalue weighted by Crippen LogP contribution is -2.10. The van der Waals surface area contributed by atoms with Crippen LogP contribution in [-0.4, -0.2) is 17.0 Å². The molecule has 0 aliphatic rings. The number of ether oxygens (including phenoxy) is 1. The van der Waals surface area contributed by atoms with Gasteiger partial charge in [0, 0.05) is 19.3 Å². The van der Waals surface area contributed by atoms with Crippen LogP contribution in [-0.2, 0) is 5.41 Å². The average Bonchev–Trinajstić information content (AvgIpc) is 2.38. The van der Waals surface area contributed by atoms with Crippen molar-refractivity contribution in [3.63, 3.8) is 0 Å². The highest BCUT2D eigenvalue weighted by Gasteiger charge is 2.14. The van der Waals surface area contributed by atoms with Crippen molar-refractivity contribution in [2.45, 2.75) is 26.2 Å². The SMILES string of the molecule is CNc1nccc(Oc2cccc(C(C)(C)C)c2)n1. The summed E-state index contributed by atoms with van der Waals surface area (Å²) in [6.45, 7) is 6.53. The summed E-state index contributed by atoms with van der Waals surface area (Å²) in [7, 11) is 1.78. The Morgan fingerprint density at radius 2 is 1.95 bits per heavy atom. The minimum atomic E-state index is 0.0984.